The van der Waals surface area contributed by atoms with Crippen LogP contribution in [-0.2, 0) is 0 Å². The minimum absolute atomic E-state index is 0.536. The van der Waals surface area contributed by atoms with E-state index in [1.54, 1.807) is 12.7 Å². The summed E-state index contributed by atoms with van der Waals surface area (Å²) in [5, 5.41) is 3.31. The Morgan fingerprint density at radius 2 is 1.83 bits per heavy atom. The number of aromatic nitrogens is 3. The Hall–Kier alpha value is -1.03. The maximum Gasteiger partial charge on any atom is 0.135 e. The van der Waals surface area contributed by atoms with Crippen LogP contribution in [0.3, 0.4) is 0 Å². The number of hydrogen-bond acceptors (Lipinski definition) is 4. The van der Waals surface area contributed by atoms with Crippen molar-refractivity contribution in [2.24, 2.45) is 0 Å². The second-order valence-electron chi connectivity index (χ2n) is 3.02. The fraction of sp³-hybridized carbons (Fsp3) is 0.625. The van der Waals surface area contributed by atoms with E-state index in [1.807, 2.05) is 0 Å². The molecule has 2 rings (SSSR count). The van der Waals surface area contributed by atoms with Gasteiger partial charge < -0.3 is 5.32 Å². The van der Waals surface area contributed by atoms with Crippen LogP contribution in [0.5, 0.6) is 0 Å². The largest absolute Gasteiger partial charge is 0.317 e. The highest BCUT2D eigenvalue weighted by Crippen LogP contribution is 2.20. The first-order chi connectivity index (χ1) is 5.97. The Bertz CT molecular complexity index is 230. The van der Waals surface area contributed by atoms with E-state index in [2.05, 4.69) is 20.3 Å². The molecule has 1 N–H and O–H groups in total. The Kier molecular flexibility index (Phi) is 2.27. The molecule has 1 saturated heterocycles. The SMILES string of the molecule is c1ncnc(C2CCNCC2)n1. The molecule has 1 aromatic rings. The van der Waals surface area contributed by atoms with Gasteiger partial charge in [-0.25, -0.2) is 15.0 Å². The zero-order chi connectivity index (χ0) is 8.23. The average molecular weight is 164 g/mol. The summed E-state index contributed by atoms with van der Waals surface area (Å²) in [7, 11) is 0. The van der Waals surface area contributed by atoms with Gasteiger partial charge in [-0.2, -0.15) is 0 Å². The Balaban J connectivity index is 2.08. The van der Waals surface area contributed by atoms with Gasteiger partial charge in [0.15, 0.2) is 0 Å². The van der Waals surface area contributed by atoms with Crippen LogP contribution in [0.2, 0.25) is 0 Å². The quantitative estimate of drug-likeness (QED) is 0.650. The van der Waals surface area contributed by atoms with Gasteiger partial charge in [-0.1, -0.05) is 0 Å². The fourth-order valence-corrected chi connectivity index (χ4v) is 1.54. The molecule has 4 nitrogen and oxygen atoms in total. The summed E-state index contributed by atoms with van der Waals surface area (Å²) in [6.45, 7) is 2.16. The molecule has 1 aliphatic rings. The normalized spacial score (nSPS) is 19.3. The lowest BCUT2D eigenvalue weighted by Gasteiger charge is -2.20. The third kappa shape index (κ3) is 1.58. The molecule has 1 fully saturated rings. The van der Waals surface area contributed by atoms with E-state index in [1.165, 1.54) is 0 Å². The predicted molar refractivity (Wildman–Crippen MR) is 44.7 cm³/mol. The first-order valence-electron chi connectivity index (χ1n) is 4.29. The molecule has 1 aromatic heterocycles. The van der Waals surface area contributed by atoms with Crippen molar-refractivity contribution < 1.29 is 0 Å². The predicted octanol–water partition coefficient (Wildman–Crippen LogP) is 0.339. The molecule has 1 aliphatic heterocycles. The summed E-state index contributed by atoms with van der Waals surface area (Å²) in [6.07, 6.45) is 5.43. The monoisotopic (exact) mass is 164 g/mol. The second kappa shape index (κ2) is 3.58. The highest BCUT2D eigenvalue weighted by Gasteiger charge is 2.16. The van der Waals surface area contributed by atoms with E-state index in [0.717, 1.165) is 31.8 Å². The van der Waals surface area contributed by atoms with Gasteiger partial charge in [0.05, 0.1) is 0 Å². The highest BCUT2D eigenvalue weighted by molar-refractivity contribution is 4.95. The molecule has 0 bridgehead atoms. The number of piperidine rings is 1. The summed E-state index contributed by atoms with van der Waals surface area (Å²) in [5.41, 5.74) is 0. The molecule has 2 heterocycles. The molecule has 0 amide bonds. The number of rotatable bonds is 1. The zero-order valence-electron chi connectivity index (χ0n) is 6.90. The standard InChI is InChI=1S/C8H12N4/c1-3-9-4-2-7(1)8-11-5-10-6-12-8/h5-7,9H,1-4H2. The van der Waals surface area contributed by atoms with Gasteiger partial charge in [0.2, 0.25) is 0 Å². The molecule has 12 heavy (non-hydrogen) atoms. The first kappa shape index (κ1) is 7.61. The van der Waals surface area contributed by atoms with Crippen molar-refractivity contribution in [2.45, 2.75) is 18.8 Å². The van der Waals surface area contributed by atoms with Gasteiger partial charge in [0.25, 0.3) is 0 Å². The number of nitrogens with one attached hydrogen (secondary N) is 1. The minimum Gasteiger partial charge on any atom is -0.317 e. The third-order valence-electron chi connectivity index (χ3n) is 2.22. The van der Waals surface area contributed by atoms with Crippen LogP contribution >= 0.6 is 0 Å². The summed E-state index contributed by atoms with van der Waals surface area (Å²) >= 11 is 0. The lowest BCUT2D eigenvalue weighted by Crippen LogP contribution is -2.27. The van der Waals surface area contributed by atoms with Gasteiger partial charge in [0, 0.05) is 5.92 Å². The molecule has 0 saturated carbocycles. The van der Waals surface area contributed by atoms with Crippen LogP contribution in [0.4, 0.5) is 0 Å². The molecular formula is C8H12N4. The van der Waals surface area contributed by atoms with Gasteiger partial charge in [-0.3, -0.25) is 0 Å². The smallest absolute Gasteiger partial charge is 0.135 e. The lowest BCUT2D eigenvalue weighted by atomic mass is 9.97. The molecule has 0 unspecified atom stereocenters. The van der Waals surface area contributed by atoms with E-state index in [9.17, 15) is 0 Å². The van der Waals surface area contributed by atoms with Crippen LogP contribution in [0.15, 0.2) is 12.7 Å². The molecule has 0 atom stereocenters. The van der Waals surface area contributed by atoms with Gasteiger partial charge >= 0.3 is 0 Å². The molecule has 4 heteroatoms. The molecule has 0 radical (unpaired) electrons. The second-order valence-corrected chi connectivity index (χ2v) is 3.02. The summed E-state index contributed by atoms with van der Waals surface area (Å²) in [6, 6.07) is 0. The van der Waals surface area contributed by atoms with E-state index in [-0.39, 0.29) is 0 Å². The topological polar surface area (TPSA) is 50.7 Å². The Labute approximate surface area is 71.5 Å². The fourth-order valence-electron chi connectivity index (χ4n) is 1.54. The van der Waals surface area contributed by atoms with Crippen LogP contribution in [0, 0.1) is 0 Å². The van der Waals surface area contributed by atoms with Crippen LogP contribution in [0.1, 0.15) is 24.6 Å². The van der Waals surface area contributed by atoms with Crippen LogP contribution < -0.4 is 5.32 Å². The van der Waals surface area contributed by atoms with E-state index in [0.29, 0.717) is 5.92 Å². The van der Waals surface area contributed by atoms with E-state index < -0.39 is 0 Å². The van der Waals surface area contributed by atoms with Crippen molar-refractivity contribution >= 4 is 0 Å². The zero-order valence-corrected chi connectivity index (χ0v) is 6.90. The van der Waals surface area contributed by atoms with E-state index >= 15 is 0 Å². The van der Waals surface area contributed by atoms with Crippen LogP contribution in [-0.4, -0.2) is 28.0 Å². The van der Waals surface area contributed by atoms with Crippen molar-refractivity contribution in [1.29, 1.82) is 0 Å². The first-order valence-corrected chi connectivity index (χ1v) is 4.29. The summed E-state index contributed by atoms with van der Waals surface area (Å²) in [4.78, 5) is 12.1. The Morgan fingerprint density at radius 3 is 2.50 bits per heavy atom. The van der Waals surface area contributed by atoms with Gasteiger partial charge in [-0.05, 0) is 25.9 Å². The molecule has 0 aromatic carbocycles. The maximum absolute atomic E-state index is 4.15. The van der Waals surface area contributed by atoms with Crippen molar-refractivity contribution in [2.75, 3.05) is 13.1 Å². The highest BCUT2D eigenvalue weighted by atomic mass is 15.0. The molecule has 64 valence electrons. The van der Waals surface area contributed by atoms with Crippen molar-refractivity contribution in [1.82, 2.24) is 20.3 Å². The number of hydrogen-bond donors (Lipinski definition) is 1. The summed E-state index contributed by atoms with van der Waals surface area (Å²) < 4.78 is 0. The molecule has 0 spiro atoms. The average Bonchev–Trinajstić information content (AvgIpc) is 2.21. The van der Waals surface area contributed by atoms with Crippen LogP contribution in [0.25, 0.3) is 0 Å². The lowest BCUT2D eigenvalue weighted by molar-refractivity contribution is 0.444. The number of nitrogens with zero attached hydrogens (tertiary/aromatic N) is 3. The van der Waals surface area contributed by atoms with Crippen molar-refractivity contribution in [3.8, 4) is 0 Å². The molecular weight excluding hydrogens is 152 g/mol. The Morgan fingerprint density at radius 1 is 1.17 bits per heavy atom. The third-order valence-corrected chi connectivity index (χ3v) is 2.22. The van der Waals surface area contributed by atoms with Gasteiger partial charge in [0.1, 0.15) is 18.5 Å². The maximum atomic E-state index is 4.15. The molecule has 0 aliphatic carbocycles. The van der Waals surface area contributed by atoms with Crippen molar-refractivity contribution in [3.05, 3.63) is 18.5 Å². The van der Waals surface area contributed by atoms with Gasteiger partial charge in [-0.15, -0.1) is 0 Å². The minimum atomic E-state index is 0.536. The van der Waals surface area contributed by atoms with E-state index in [4.69, 9.17) is 0 Å². The van der Waals surface area contributed by atoms with Crippen molar-refractivity contribution in [3.63, 3.8) is 0 Å². The summed E-state index contributed by atoms with van der Waals surface area (Å²) in [5.74, 6) is 1.49.